The van der Waals surface area contributed by atoms with E-state index in [1.165, 1.54) is 29.3 Å². The molecule has 4 bridgehead atoms. The molecule has 15 nitrogen and oxygen atoms in total. The Morgan fingerprint density at radius 3 is 1.49 bits per heavy atom. The number of halogens is 9. The second kappa shape index (κ2) is 20.1. The van der Waals surface area contributed by atoms with Crippen LogP contribution in [0.5, 0.6) is 23.5 Å². The standard InChI is InChI=1S/C23H24F4N6O.C12H18N4.C10H6BrF4N3O/c1-13-7-21(29-12-28-13)33-10-14-3-4-15(11-33)17(14)9-20-30-22(32(2)31-20)34-16-5-6-19(24)18(8-16)23(25,26)27;1-8-4-11(15-7-14-8)16-5-9-2-3-10(6-16)12(9)13;1-18-9(16-8(11)17-18)19-5-2-3-7(12)6(4-5)10(13,14)15/h5-8,12,14-15,17H,3-4,9-11H2,1-2H3;4,7,9-10,12H,2-3,5-6,13H2,1H3;2-4H,1H3. The molecule has 4 aromatic heterocycles. The minimum Gasteiger partial charge on any atom is -0.424 e. The summed E-state index contributed by atoms with van der Waals surface area (Å²) in [6, 6.07) is 9.37. The second-order valence-electron chi connectivity index (χ2n) is 17.7. The smallest absolute Gasteiger partial charge is 0.419 e. The number of piperidine rings is 2. The van der Waals surface area contributed by atoms with Crippen molar-refractivity contribution in [2.45, 2.75) is 64.3 Å². The molecule has 2 aromatic carbocycles. The van der Waals surface area contributed by atoms with Gasteiger partial charge in [-0.3, -0.25) is 0 Å². The Kier molecular flexibility index (Phi) is 14.4. The van der Waals surface area contributed by atoms with Crippen LogP contribution in [0, 0.1) is 55.1 Å². The van der Waals surface area contributed by atoms with Gasteiger partial charge in [0, 0.05) is 76.3 Å². The van der Waals surface area contributed by atoms with E-state index in [4.69, 9.17) is 15.2 Å². The van der Waals surface area contributed by atoms with E-state index in [2.05, 4.69) is 71.9 Å². The summed E-state index contributed by atoms with van der Waals surface area (Å²) in [6.07, 6.45) is -0.863. The number of anilines is 2. The van der Waals surface area contributed by atoms with Crippen LogP contribution in [-0.2, 0) is 32.9 Å². The first-order valence-electron chi connectivity index (χ1n) is 22.1. The highest BCUT2D eigenvalue weighted by Crippen LogP contribution is 2.45. The summed E-state index contributed by atoms with van der Waals surface area (Å²) in [5.41, 5.74) is 5.39. The SMILES string of the molecule is Cc1cc(N2CC3CCC(C2)C3Cc2nc(Oc3ccc(F)c(C(F)(F)F)c3)n(C)n2)ncn1.Cc1cc(N2CC3CCC(C2)C3N)ncn1.Cn1nc(Br)nc1Oc1ccc(F)c(C(F)(F)F)c1. The maximum atomic E-state index is 13.6. The number of hydrogen-bond donors (Lipinski definition) is 1. The highest BCUT2D eigenvalue weighted by atomic mass is 79.9. The lowest BCUT2D eigenvalue weighted by Crippen LogP contribution is -2.49. The third-order valence-electron chi connectivity index (χ3n) is 12.9. The number of aryl methyl sites for hydroxylation is 4. The molecule has 4 atom stereocenters. The van der Waals surface area contributed by atoms with Crippen molar-refractivity contribution in [1.82, 2.24) is 49.5 Å². The Balaban J connectivity index is 0.000000154. The van der Waals surface area contributed by atoms with Crippen LogP contribution in [0.25, 0.3) is 0 Å². The van der Waals surface area contributed by atoms with Crippen LogP contribution in [0.15, 0.2) is 65.9 Å². The molecule has 0 radical (unpaired) electrons. The molecular formula is C45H48BrF8N13O2. The van der Waals surface area contributed by atoms with Crippen LogP contribution < -0.4 is 25.0 Å². The quantitative estimate of drug-likeness (QED) is 0.144. The molecular weight excluding hydrogens is 986 g/mol. The van der Waals surface area contributed by atoms with Gasteiger partial charge in [-0.15, -0.1) is 5.10 Å². The van der Waals surface area contributed by atoms with Crippen LogP contribution >= 0.6 is 15.9 Å². The molecule has 6 heterocycles. The number of nitrogens with two attached hydrogens (primary N) is 1. The molecule has 4 unspecified atom stereocenters. The van der Waals surface area contributed by atoms with Gasteiger partial charge in [-0.05, 0) is 121 Å². The van der Waals surface area contributed by atoms with Crippen LogP contribution in [0.3, 0.4) is 0 Å². The van der Waals surface area contributed by atoms with E-state index in [1.54, 1.807) is 19.7 Å². The lowest BCUT2D eigenvalue weighted by atomic mass is 9.82. The molecule has 2 N–H and O–H groups in total. The van der Waals surface area contributed by atoms with Gasteiger partial charge in [0.15, 0.2) is 5.82 Å². The van der Waals surface area contributed by atoms with Crippen molar-refractivity contribution >= 4 is 27.6 Å². The molecule has 368 valence electrons. The van der Waals surface area contributed by atoms with Crippen molar-refractivity contribution in [3.05, 3.63) is 106 Å². The number of benzene rings is 2. The molecule has 0 spiro atoms. The van der Waals surface area contributed by atoms with E-state index in [9.17, 15) is 35.1 Å². The largest absolute Gasteiger partial charge is 0.424 e. The second-order valence-corrected chi connectivity index (χ2v) is 18.4. The number of fused-ring (bicyclic) bond motifs is 4. The van der Waals surface area contributed by atoms with Crippen molar-refractivity contribution in [2.75, 3.05) is 36.0 Å². The summed E-state index contributed by atoms with van der Waals surface area (Å²) in [4.78, 5) is 30.0. The third kappa shape index (κ3) is 11.7. The molecule has 24 heteroatoms. The Morgan fingerprint density at radius 2 is 1.06 bits per heavy atom. The lowest BCUT2D eigenvalue weighted by molar-refractivity contribution is -0.140. The summed E-state index contributed by atoms with van der Waals surface area (Å²) in [5, 5.41) is 8.22. The normalized spacial score (nSPS) is 21.9. The van der Waals surface area contributed by atoms with Crippen LogP contribution in [0.1, 0.15) is 54.0 Å². The zero-order chi connectivity index (χ0) is 49.4. The maximum absolute atomic E-state index is 13.6. The number of rotatable bonds is 8. The van der Waals surface area contributed by atoms with Crippen molar-refractivity contribution in [2.24, 2.45) is 49.4 Å². The molecule has 2 saturated heterocycles. The molecule has 2 aliphatic carbocycles. The summed E-state index contributed by atoms with van der Waals surface area (Å²) in [5.74, 6) is 2.26. The Labute approximate surface area is 399 Å². The van der Waals surface area contributed by atoms with Crippen molar-refractivity contribution in [3.8, 4) is 23.5 Å². The molecule has 69 heavy (non-hydrogen) atoms. The minimum atomic E-state index is -4.81. The molecule has 2 aliphatic heterocycles. The van der Waals surface area contributed by atoms with Crippen LogP contribution in [0.4, 0.5) is 46.8 Å². The summed E-state index contributed by atoms with van der Waals surface area (Å²) >= 11 is 2.99. The van der Waals surface area contributed by atoms with Gasteiger partial charge in [0.2, 0.25) is 4.73 Å². The van der Waals surface area contributed by atoms with E-state index in [0.29, 0.717) is 66.1 Å². The predicted molar refractivity (Wildman–Crippen MR) is 238 cm³/mol. The van der Waals surface area contributed by atoms with Gasteiger partial charge in [-0.25, -0.2) is 38.1 Å². The zero-order valence-corrected chi connectivity index (χ0v) is 39.3. The highest BCUT2D eigenvalue weighted by molar-refractivity contribution is 9.10. The first-order chi connectivity index (χ1) is 32.7. The molecule has 4 aliphatic rings. The third-order valence-corrected chi connectivity index (χ3v) is 13.3. The minimum absolute atomic E-state index is 0.0217. The van der Waals surface area contributed by atoms with E-state index < -0.39 is 35.1 Å². The van der Waals surface area contributed by atoms with E-state index in [0.717, 1.165) is 80.2 Å². The van der Waals surface area contributed by atoms with E-state index >= 15 is 0 Å². The number of aromatic nitrogens is 10. The number of alkyl halides is 6. The zero-order valence-electron chi connectivity index (χ0n) is 37.8. The molecule has 10 rings (SSSR count). The van der Waals surface area contributed by atoms with Crippen LogP contribution in [0.2, 0.25) is 0 Å². The first-order valence-corrected chi connectivity index (χ1v) is 22.9. The van der Waals surface area contributed by atoms with Gasteiger partial charge < -0.3 is 25.0 Å². The molecule has 2 saturated carbocycles. The fourth-order valence-electron chi connectivity index (χ4n) is 9.55. The van der Waals surface area contributed by atoms with E-state index in [1.807, 2.05) is 19.9 Å². The van der Waals surface area contributed by atoms with Gasteiger partial charge >= 0.3 is 24.4 Å². The number of nitrogens with zero attached hydrogens (tertiary/aromatic N) is 12. The summed E-state index contributed by atoms with van der Waals surface area (Å²) in [6.45, 7) is 7.90. The van der Waals surface area contributed by atoms with Gasteiger partial charge in [-0.2, -0.15) is 41.4 Å². The fourth-order valence-corrected chi connectivity index (χ4v) is 9.94. The van der Waals surface area contributed by atoms with Gasteiger partial charge in [0.05, 0.1) is 11.1 Å². The fraction of sp³-hybridized carbons (Fsp3) is 0.467. The van der Waals surface area contributed by atoms with Crippen molar-refractivity contribution < 1.29 is 44.6 Å². The van der Waals surface area contributed by atoms with Crippen molar-refractivity contribution in [3.63, 3.8) is 0 Å². The maximum Gasteiger partial charge on any atom is 0.419 e. The summed E-state index contributed by atoms with van der Waals surface area (Å²) in [7, 11) is 3.12. The van der Waals surface area contributed by atoms with Gasteiger partial charge in [0.25, 0.3) is 0 Å². The first kappa shape index (κ1) is 49.4. The topological polar surface area (TPSA) is 164 Å². The van der Waals surface area contributed by atoms with Gasteiger partial charge in [0.1, 0.15) is 47.4 Å². The summed E-state index contributed by atoms with van der Waals surface area (Å²) < 4.78 is 117. The number of hydrogen-bond acceptors (Lipinski definition) is 13. The molecule has 6 aromatic rings. The van der Waals surface area contributed by atoms with Crippen LogP contribution in [-0.4, -0.2) is 81.7 Å². The predicted octanol–water partition coefficient (Wildman–Crippen LogP) is 9.06. The average Bonchev–Trinajstić information content (AvgIpc) is 3.91. The number of ether oxygens (including phenoxy) is 2. The van der Waals surface area contributed by atoms with E-state index in [-0.39, 0.29) is 28.3 Å². The lowest BCUT2D eigenvalue weighted by Gasteiger charge is -2.38. The Bertz CT molecular complexity index is 2730. The Morgan fingerprint density at radius 1 is 0.623 bits per heavy atom. The molecule has 4 fully saturated rings. The molecule has 0 amide bonds. The van der Waals surface area contributed by atoms with Gasteiger partial charge in [-0.1, -0.05) is 0 Å². The van der Waals surface area contributed by atoms with Crippen molar-refractivity contribution in [1.29, 1.82) is 0 Å². The Hall–Kier alpha value is -6.04. The average molecular weight is 1030 g/mol. The highest BCUT2D eigenvalue weighted by Gasteiger charge is 2.43. The monoisotopic (exact) mass is 1030 g/mol.